The number of ether oxygens (including phenoxy) is 1. The fourth-order valence-corrected chi connectivity index (χ4v) is 3.99. The summed E-state index contributed by atoms with van der Waals surface area (Å²) in [4.78, 5) is 0.0745. The molecular weight excluding hydrogens is 394 g/mol. The van der Waals surface area contributed by atoms with Gasteiger partial charge in [0.05, 0.1) is 26.5 Å². The molecule has 0 aliphatic carbocycles. The Morgan fingerprint density at radius 2 is 2.07 bits per heavy atom. The minimum Gasteiger partial charge on any atom is -0.504 e. The number of methoxy groups -OCH3 is 1. The minimum atomic E-state index is -3.83. The molecule has 0 aromatic heterocycles. The molecule has 27 heavy (non-hydrogen) atoms. The third-order valence-corrected chi connectivity index (χ3v) is 5.34. The highest BCUT2D eigenvalue weighted by Gasteiger charge is 2.31. The summed E-state index contributed by atoms with van der Waals surface area (Å²) in [6.45, 7) is -0.291. The Hall–Kier alpha value is -2.62. The summed E-state index contributed by atoms with van der Waals surface area (Å²) in [7, 11) is -2.44. The number of benzene rings is 2. The van der Waals surface area contributed by atoms with Gasteiger partial charge in [0.2, 0.25) is 0 Å². The van der Waals surface area contributed by atoms with Crippen molar-refractivity contribution in [3.63, 3.8) is 0 Å². The molecule has 0 radical (unpaired) electrons. The first-order valence-corrected chi connectivity index (χ1v) is 9.62. The Bertz CT molecular complexity index is 1040. The van der Waals surface area contributed by atoms with E-state index in [0.717, 1.165) is 0 Å². The van der Waals surface area contributed by atoms with Crippen LogP contribution in [0.5, 0.6) is 11.5 Å². The molecule has 3 rings (SSSR count). The monoisotopic (exact) mass is 409 g/mol. The molecule has 0 amide bonds. The van der Waals surface area contributed by atoms with E-state index in [-0.39, 0.29) is 40.9 Å². The number of aliphatic hydroxyl groups is 1. The normalized spacial score (nSPS) is 14.9. The Morgan fingerprint density at radius 3 is 2.78 bits per heavy atom. The third-order valence-electron chi connectivity index (χ3n) is 3.79. The van der Waals surface area contributed by atoms with Crippen molar-refractivity contribution in [3.8, 4) is 11.5 Å². The second-order valence-corrected chi connectivity index (χ2v) is 7.53. The first-order chi connectivity index (χ1) is 12.9. The van der Waals surface area contributed by atoms with Crippen LogP contribution in [0.4, 0.5) is 0 Å². The highest BCUT2D eigenvalue weighted by Crippen LogP contribution is 2.33. The number of hydrazone groups is 1. The van der Waals surface area contributed by atoms with Crippen LogP contribution in [0.2, 0.25) is 5.02 Å². The molecular formula is C17H16ClN3O5S. The third kappa shape index (κ3) is 3.75. The van der Waals surface area contributed by atoms with E-state index in [4.69, 9.17) is 16.3 Å². The lowest BCUT2D eigenvalue weighted by Crippen LogP contribution is -2.28. The molecule has 0 unspecified atom stereocenters. The van der Waals surface area contributed by atoms with Gasteiger partial charge in [-0.15, -0.1) is 4.40 Å². The summed E-state index contributed by atoms with van der Waals surface area (Å²) in [5, 5.41) is 25.3. The van der Waals surface area contributed by atoms with Crippen molar-refractivity contribution < 1.29 is 23.4 Å². The number of fused-ring (bicyclic) bond motifs is 1. The standard InChI is InChI=1S/C17H16ClN3O5S/c1-26-14-9-12(18)8-11(16(14)23)10-19-21(6-7-22)17-13-4-2-3-5-15(13)27(24,25)20-17/h2-5,8-10,22-23H,6-7H2,1H3/b19-10-. The van der Waals surface area contributed by atoms with E-state index in [1.807, 2.05) is 0 Å². The van der Waals surface area contributed by atoms with Crippen molar-refractivity contribution in [1.82, 2.24) is 5.01 Å². The predicted octanol–water partition coefficient (Wildman–Crippen LogP) is 1.83. The van der Waals surface area contributed by atoms with Crippen LogP contribution in [0.1, 0.15) is 11.1 Å². The van der Waals surface area contributed by atoms with Crippen LogP contribution in [-0.4, -0.2) is 56.0 Å². The highest BCUT2D eigenvalue weighted by molar-refractivity contribution is 7.90. The van der Waals surface area contributed by atoms with Crippen LogP contribution in [0.25, 0.3) is 0 Å². The van der Waals surface area contributed by atoms with Gasteiger partial charge in [0.15, 0.2) is 17.3 Å². The SMILES string of the molecule is COc1cc(Cl)cc(/C=N\N(CCO)C2=NS(=O)(=O)c3ccccc32)c1O. The van der Waals surface area contributed by atoms with Crippen LogP contribution in [0.3, 0.4) is 0 Å². The molecule has 2 aromatic rings. The largest absolute Gasteiger partial charge is 0.504 e. The average Bonchev–Trinajstić information content (AvgIpc) is 2.92. The molecule has 0 saturated heterocycles. The lowest BCUT2D eigenvalue weighted by molar-refractivity contribution is 0.254. The number of aromatic hydroxyl groups is 1. The molecule has 0 fully saturated rings. The minimum absolute atomic E-state index is 0.00233. The fraction of sp³-hybridized carbons (Fsp3) is 0.176. The van der Waals surface area contributed by atoms with Gasteiger partial charge in [0.1, 0.15) is 4.90 Å². The molecule has 0 bridgehead atoms. The molecule has 1 heterocycles. The van der Waals surface area contributed by atoms with Crippen molar-refractivity contribution in [1.29, 1.82) is 0 Å². The van der Waals surface area contributed by atoms with E-state index in [0.29, 0.717) is 10.6 Å². The number of sulfonamides is 1. The Balaban J connectivity index is 2.02. The summed E-state index contributed by atoms with van der Waals surface area (Å²) >= 11 is 6.00. The van der Waals surface area contributed by atoms with Gasteiger partial charge in [0.25, 0.3) is 10.0 Å². The zero-order valence-corrected chi connectivity index (χ0v) is 15.8. The number of hydrogen-bond donors (Lipinski definition) is 2. The van der Waals surface area contributed by atoms with E-state index >= 15 is 0 Å². The molecule has 1 aliphatic heterocycles. The van der Waals surface area contributed by atoms with E-state index in [9.17, 15) is 18.6 Å². The number of phenols is 1. The maximum absolute atomic E-state index is 12.2. The lowest BCUT2D eigenvalue weighted by atomic mass is 10.2. The summed E-state index contributed by atoms with van der Waals surface area (Å²) < 4.78 is 33.3. The number of aliphatic hydroxyl groups excluding tert-OH is 1. The van der Waals surface area contributed by atoms with E-state index < -0.39 is 10.0 Å². The topological polar surface area (TPSA) is 112 Å². The molecule has 0 spiro atoms. The Kier molecular flexibility index (Phi) is 5.36. The van der Waals surface area contributed by atoms with Crippen molar-refractivity contribution in [3.05, 3.63) is 52.5 Å². The number of hydrogen-bond acceptors (Lipinski definition) is 7. The molecule has 8 nitrogen and oxygen atoms in total. The van der Waals surface area contributed by atoms with Gasteiger partial charge in [-0.2, -0.15) is 13.5 Å². The van der Waals surface area contributed by atoms with Gasteiger partial charge in [0, 0.05) is 22.2 Å². The highest BCUT2D eigenvalue weighted by atomic mass is 35.5. The van der Waals surface area contributed by atoms with Gasteiger partial charge >= 0.3 is 0 Å². The van der Waals surface area contributed by atoms with E-state index in [1.54, 1.807) is 18.2 Å². The molecule has 0 saturated carbocycles. The first-order valence-electron chi connectivity index (χ1n) is 7.80. The maximum Gasteiger partial charge on any atom is 0.285 e. The molecule has 142 valence electrons. The van der Waals surface area contributed by atoms with Crippen LogP contribution in [0.15, 0.2) is 50.8 Å². The van der Waals surface area contributed by atoms with Gasteiger partial charge in [-0.05, 0) is 18.2 Å². The van der Waals surface area contributed by atoms with Gasteiger partial charge < -0.3 is 14.9 Å². The van der Waals surface area contributed by atoms with Crippen LogP contribution < -0.4 is 4.74 Å². The van der Waals surface area contributed by atoms with Gasteiger partial charge in [-0.25, -0.2) is 5.01 Å². The average molecular weight is 410 g/mol. The fourth-order valence-electron chi connectivity index (χ4n) is 2.57. The zero-order valence-electron chi connectivity index (χ0n) is 14.2. The Morgan fingerprint density at radius 1 is 1.33 bits per heavy atom. The summed E-state index contributed by atoms with van der Waals surface area (Å²) in [6.07, 6.45) is 1.29. The van der Waals surface area contributed by atoms with Crippen molar-refractivity contribution >= 4 is 33.7 Å². The van der Waals surface area contributed by atoms with Crippen molar-refractivity contribution in [2.24, 2.45) is 9.50 Å². The lowest BCUT2D eigenvalue weighted by Gasteiger charge is -2.17. The molecule has 0 atom stereocenters. The maximum atomic E-state index is 12.2. The Labute approximate surface area is 161 Å². The molecule has 1 aliphatic rings. The van der Waals surface area contributed by atoms with Crippen LogP contribution in [0, 0.1) is 0 Å². The molecule has 2 aromatic carbocycles. The smallest absolute Gasteiger partial charge is 0.285 e. The quantitative estimate of drug-likeness (QED) is 0.575. The number of phenolic OH excluding ortho intramolecular Hbond substituents is 1. The van der Waals surface area contributed by atoms with Crippen LogP contribution >= 0.6 is 11.6 Å². The second kappa shape index (κ2) is 7.55. The zero-order chi connectivity index (χ0) is 19.6. The summed E-state index contributed by atoms with van der Waals surface area (Å²) in [5.41, 5.74) is 0.646. The van der Waals surface area contributed by atoms with Crippen LogP contribution in [-0.2, 0) is 10.0 Å². The summed E-state index contributed by atoms with van der Waals surface area (Å²) in [5.74, 6) is 0.0872. The van der Waals surface area contributed by atoms with Gasteiger partial charge in [-0.3, -0.25) is 0 Å². The first kappa shape index (κ1) is 19.2. The molecule has 2 N–H and O–H groups in total. The summed E-state index contributed by atoms with van der Waals surface area (Å²) in [6, 6.07) is 9.27. The number of halogens is 1. The van der Waals surface area contributed by atoms with E-state index in [1.165, 1.54) is 36.5 Å². The number of rotatable bonds is 5. The number of nitrogens with zero attached hydrogens (tertiary/aromatic N) is 3. The van der Waals surface area contributed by atoms with Crippen molar-refractivity contribution in [2.45, 2.75) is 4.90 Å². The number of amidine groups is 1. The second-order valence-electron chi connectivity index (χ2n) is 5.52. The van der Waals surface area contributed by atoms with Crippen molar-refractivity contribution in [2.75, 3.05) is 20.3 Å². The van der Waals surface area contributed by atoms with Gasteiger partial charge in [-0.1, -0.05) is 23.7 Å². The van der Waals surface area contributed by atoms with E-state index in [2.05, 4.69) is 9.50 Å². The molecule has 10 heteroatoms. The predicted molar refractivity (Wildman–Crippen MR) is 101 cm³/mol.